The molecular weight excluding hydrogens is 410 g/mol. The average molecular weight is 448 g/mol. The summed E-state index contributed by atoms with van der Waals surface area (Å²) in [6.07, 6.45) is 1.73. The van der Waals surface area contributed by atoms with Crippen molar-refractivity contribution in [3.8, 4) is 0 Å². The predicted octanol–water partition coefficient (Wildman–Crippen LogP) is 2.22. The molecule has 3 rings (SSSR count). The minimum absolute atomic E-state index is 0.0349. The maximum Gasteiger partial charge on any atom is 0.229 e. The van der Waals surface area contributed by atoms with Gasteiger partial charge in [-0.25, -0.2) is 4.68 Å². The van der Waals surface area contributed by atoms with E-state index in [-0.39, 0.29) is 29.6 Å². The first-order chi connectivity index (χ1) is 15.1. The number of morpholine rings is 1. The minimum atomic E-state index is -0.354. The molecule has 0 saturated carbocycles. The summed E-state index contributed by atoms with van der Waals surface area (Å²) in [4.78, 5) is 23.7. The summed E-state index contributed by atoms with van der Waals surface area (Å²) in [5.74, 6) is 1.34. The number of methoxy groups -OCH3 is 1. The molecule has 1 aliphatic rings. The fourth-order valence-electron chi connectivity index (χ4n) is 3.86. The van der Waals surface area contributed by atoms with Crippen LogP contribution in [0.4, 0.5) is 11.8 Å². The van der Waals surface area contributed by atoms with E-state index < -0.39 is 0 Å². The van der Waals surface area contributed by atoms with Gasteiger partial charge < -0.3 is 25.0 Å². The summed E-state index contributed by atoms with van der Waals surface area (Å²) in [6, 6.07) is 0.163. The molecule has 10 nitrogen and oxygen atoms in total. The van der Waals surface area contributed by atoms with Crippen molar-refractivity contribution in [1.29, 1.82) is 0 Å². The van der Waals surface area contributed by atoms with Gasteiger partial charge in [0.2, 0.25) is 11.9 Å². The lowest BCUT2D eigenvalue weighted by Crippen LogP contribution is -2.54. The standard InChI is InChI=1S/C22H37N7O3/c1-14(2)20(30)24-9-8-23-18-17-10-25-29(15(3)4)19(17)27-21(26-18)28-11-16(12-31-7)32-22(5,6)13-28/h10,14-16H,8-9,11-13H2,1-7H3,(H,24,30)(H,23,26,27)/t16-/m0/s1. The zero-order valence-electron chi connectivity index (χ0n) is 20.3. The van der Waals surface area contributed by atoms with E-state index >= 15 is 0 Å². The first-order valence-electron chi connectivity index (χ1n) is 11.3. The first-order valence-corrected chi connectivity index (χ1v) is 11.3. The molecule has 0 bridgehead atoms. The molecule has 1 saturated heterocycles. The number of nitrogens with zero attached hydrogens (tertiary/aromatic N) is 5. The quantitative estimate of drug-likeness (QED) is 0.564. The van der Waals surface area contributed by atoms with Crippen LogP contribution >= 0.6 is 0 Å². The van der Waals surface area contributed by atoms with E-state index in [1.54, 1.807) is 13.3 Å². The third-order valence-corrected chi connectivity index (χ3v) is 5.29. The Balaban J connectivity index is 1.89. The van der Waals surface area contributed by atoms with Gasteiger partial charge in [-0.3, -0.25) is 4.79 Å². The van der Waals surface area contributed by atoms with Gasteiger partial charge in [0.1, 0.15) is 5.82 Å². The number of ether oxygens (including phenoxy) is 2. The monoisotopic (exact) mass is 447 g/mol. The Morgan fingerprint density at radius 1 is 1.28 bits per heavy atom. The van der Waals surface area contributed by atoms with Crippen LogP contribution in [0.2, 0.25) is 0 Å². The second-order valence-electron chi connectivity index (χ2n) is 9.50. The van der Waals surface area contributed by atoms with Crippen LogP contribution in [0.1, 0.15) is 47.6 Å². The summed E-state index contributed by atoms with van der Waals surface area (Å²) in [5, 5.41) is 11.7. The summed E-state index contributed by atoms with van der Waals surface area (Å²) in [5.41, 5.74) is 0.429. The number of anilines is 2. The number of aromatic nitrogens is 4. The number of carbonyl (C=O) groups is 1. The molecule has 1 aliphatic heterocycles. The zero-order valence-corrected chi connectivity index (χ0v) is 20.3. The molecule has 1 amide bonds. The normalized spacial score (nSPS) is 18.5. The summed E-state index contributed by atoms with van der Waals surface area (Å²) >= 11 is 0. The van der Waals surface area contributed by atoms with E-state index in [4.69, 9.17) is 19.4 Å². The molecule has 1 atom stereocenters. The Morgan fingerprint density at radius 3 is 2.69 bits per heavy atom. The van der Waals surface area contributed by atoms with E-state index in [2.05, 4.69) is 48.3 Å². The van der Waals surface area contributed by atoms with E-state index in [0.717, 1.165) is 11.0 Å². The van der Waals surface area contributed by atoms with Gasteiger partial charge in [0.05, 0.1) is 29.9 Å². The van der Waals surface area contributed by atoms with Gasteiger partial charge in [-0.2, -0.15) is 15.1 Å². The number of fused-ring (bicyclic) bond motifs is 1. The highest BCUT2D eigenvalue weighted by Gasteiger charge is 2.35. The number of hydrogen-bond acceptors (Lipinski definition) is 8. The number of amides is 1. The molecule has 3 heterocycles. The van der Waals surface area contributed by atoms with Crippen molar-refractivity contribution in [2.45, 2.75) is 59.3 Å². The minimum Gasteiger partial charge on any atom is -0.382 e. The molecule has 0 radical (unpaired) electrons. The van der Waals surface area contributed by atoms with Crippen LogP contribution in [0.15, 0.2) is 6.20 Å². The number of nitrogens with one attached hydrogen (secondary N) is 2. The molecule has 1 fully saturated rings. The Morgan fingerprint density at radius 2 is 2.03 bits per heavy atom. The van der Waals surface area contributed by atoms with Crippen molar-refractivity contribution in [1.82, 2.24) is 25.1 Å². The summed E-state index contributed by atoms with van der Waals surface area (Å²) in [6.45, 7) is 14.9. The SMILES string of the molecule is COC[C@@H]1CN(c2nc(NCCNC(=O)C(C)C)c3cnn(C(C)C)c3n2)CC(C)(C)O1. The van der Waals surface area contributed by atoms with Crippen LogP contribution in [0.3, 0.4) is 0 Å². The van der Waals surface area contributed by atoms with Gasteiger partial charge in [0, 0.05) is 45.2 Å². The maximum atomic E-state index is 11.8. The van der Waals surface area contributed by atoms with E-state index in [9.17, 15) is 4.79 Å². The lowest BCUT2D eigenvalue weighted by Gasteiger charge is -2.42. The smallest absolute Gasteiger partial charge is 0.229 e. The number of hydrogen-bond donors (Lipinski definition) is 2. The van der Waals surface area contributed by atoms with E-state index in [0.29, 0.717) is 44.6 Å². The highest BCUT2D eigenvalue weighted by molar-refractivity contribution is 5.87. The van der Waals surface area contributed by atoms with Crippen molar-refractivity contribution in [3.05, 3.63) is 6.20 Å². The maximum absolute atomic E-state index is 11.8. The third kappa shape index (κ3) is 5.66. The van der Waals surface area contributed by atoms with Crippen molar-refractivity contribution in [3.63, 3.8) is 0 Å². The second kappa shape index (κ2) is 9.99. The molecule has 10 heteroatoms. The van der Waals surface area contributed by atoms with Gasteiger partial charge in [0.25, 0.3) is 0 Å². The molecule has 2 aromatic rings. The number of carbonyl (C=O) groups excluding carboxylic acids is 1. The lowest BCUT2D eigenvalue weighted by molar-refractivity contribution is -0.123. The molecule has 0 aliphatic carbocycles. The number of rotatable bonds is 9. The van der Waals surface area contributed by atoms with Crippen LogP contribution in [0.5, 0.6) is 0 Å². The fourth-order valence-corrected chi connectivity index (χ4v) is 3.86. The van der Waals surface area contributed by atoms with E-state index in [1.807, 2.05) is 18.5 Å². The predicted molar refractivity (Wildman–Crippen MR) is 125 cm³/mol. The molecule has 32 heavy (non-hydrogen) atoms. The summed E-state index contributed by atoms with van der Waals surface area (Å²) < 4.78 is 13.4. The van der Waals surface area contributed by atoms with Crippen LogP contribution < -0.4 is 15.5 Å². The molecule has 178 valence electrons. The first kappa shape index (κ1) is 24.2. The fraction of sp³-hybridized carbons (Fsp3) is 0.727. The average Bonchev–Trinajstić information content (AvgIpc) is 3.14. The van der Waals surface area contributed by atoms with Gasteiger partial charge in [-0.15, -0.1) is 0 Å². The van der Waals surface area contributed by atoms with Crippen molar-refractivity contribution in [2.24, 2.45) is 5.92 Å². The topological polar surface area (TPSA) is 106 Å². The molecule has 0 spiro atoms. The van der Waals surface area contributed by atoms with Gasteiger partial charge >= 0.3 is 0 Å². The Labute approximate surface area is 190 Å². The van der Waals surface area contributed by atoms with Gasteiger partial charge in [-0.1, -0.05) is 13.8 Å². The molecule has 2 N–H and O–H groups in total. The largest absolute Gasteiger partial charge is 0.382 e. The van der Waals surface area contributed by atoms with E-state index in [1.165, 1.54) is 0 Å². The van der Waals surface area contributed by atoms with Crippen LogP contribution in [0, 0.1) is 5.92 Å². The Hall–Kier alpha value is -2.46. The third-order valence-electron chi connectivity index (χ3n) is 5.29. The Kier molecular flexibility index (Phi) is 7.55. The summed E-state index contributed by atoms with van der Waals surface area (Å²) in [7, 11) is 1.68. The van der Waals surface area contributed by atoms with Gasteiger partial charge in [0.15, 0.2) is 5.65 Å². The van der Waals surface area contributed by atoms with Crippen LogP contribution in [0.25, 0.3) is 11.0 Å². The van der Waals surface area contributed by atoms with Crippen LogP contribution in [-0.4, -0.2) is 77.3 Å². The zero-order chi connectivity index (χ0) is 23.5. The van der Waals surface area contributed by atoms with Crippen molar-refractivity contribution < 1.29 is 14.3 Å². The highest BCUT2D eigenvalue weighted by Crippen LogP contribution is 2.29. The molecule has 0 aromatic carbocycles. The van der Waals surface area contributed by atoms with Crippen molar-refractivity contribution >= 4 is 28.7 Å². The molecule has 0 unspecified atom stereocenters. The highest BCUT2D eigenvalue weighted by atomic mass is 16.5. The second-order valence-corrected chi connectivity index (χ2v) is 9.50. The molecular formula is C22H37N7O3. The Bertz CT molecular complexity index is 926. The van der Waals surface area contributed by atoms with Crippen LogP contribution in [-0.2, 0) is 14.3 Å². The van der Waals surface area contributed by atoms with Gasteiger partial charge in [-0.05, 0) is 27.7 Å². The molecule has 2 aromatic heterocycles. The lowest BCUT2D eigenvalue weighted by atomic mass is 10.1. The van der Waals surface area contributed by atoms with Crippen molar-refractivity contribution in [2.75, 3.05) is 50.1 Å².